The van der Waals surface area contributed by atoms with E-state index >= 15 is 0 Å². The number of ketones is 1. The van der Waals surface area contributed by atoms with E-state index in [0.29, 0.717) is 24.9 Å². The normalized spacial score (nSPS) is 19.6. The second kappa shape index (κ2) is 5.16. The summed E-state index contributed by atoms with van der Waals surface area (Å²) < 4.78 is 13.0. The molecular formula is C13H14FNO3. The molecule has 2 rings (SSSR count). The number of carbonyl (C=O) groups is 2. The van der Waals surface area contributed by atoms with Crippen LogP contribution in [0.1, 0.15) is 23.2 Å². The van der Waals surface area contributed by atoms with Gasteiger partial charge in [-0.05, 0) is 25.0 Å². The van der Waals surface area contributed by atoms with Gasteiger partial charge in [0.15, 0.2) is 5.78 Å². The summed E-state index contributed by atoms with van der Waals surface area (Å²) in [5, 5.41) is 8.91. The summed E-state index contributed by atoms with van der Waals surface area (Å²) in [6, 6.07) is 5.52. The van der Waals surface area contributed by atoms with Crippen LogP contribution in [0, 0.1) is 11.7 Å². The van der Waals surface area contributed by atoms with Crippen LogP contribution in [0.15, 0.2) is 24.3 Å². The molecule has 0 aliphatic carbocycles. The number of halogens is 1. The summed E-state index contributed by atoms with van der Waals surface area (Å²) in [4.78, 5) is 24.2. The average molecular weight is 251 g/mol. The summed E-state index contributed by atoms with van der Waals surface area (Å²) in [7, 11) is 0. The Morgan fingerprint density at radius 2 is 2.17 bits per heavy atom. The second-order valence-electron chi connectivity index (χ2n) is 4.44. The number of piperidine rings is 1. The Hall–Kier alpha value is -1.91. The van der Waals surface area contributed by atoms with E-state index in [1.54, 1.807) is 6.07 Å². The lowest BCUT2D eigenvalue weighted by atomic mass is 9.90. The molecule has 0 radical (unpaired) electrons. The topological polar surface area (TPSA) is 57.6 Å². The van der Waals surface area contributed by atoms with Crippen LogP contribution < -0.4 is 0 Å². The lowest BCUT2D eigenvalue weighted by Crippen LogP contribution is -2.41. The lowest BCUT2D eigenvalue weighted by Gasteiger charge is -2.29. The SMILES string of the molecule is O=C(c1cccc(F)c1)C1CCCN(C(=O)O)C1. The number of amides is 1. The summed E-state index contributed by atoms with van der Waals surface area (Å²) >= 11 is 0. The average Bonchev–Trinajstić information content (AvgIpc) is 2.38. The first-order valence-corrected chi connectivity index (χ1v) is 5.85. The number of carboxylic acid groups (broad SMARTS) is 1. The highest BCUT2D eigenvalue weighted by Crippen LogP contribution is 2.21. The molecule has 0 saturated carbocycles. The maximum absolute atomic E-state index is 13.0. The number of Topliss-reactive ketones (excluding diaryl/α,β-unsaturated/α-hetero) is 1. The first-order valence-electron chi connectivity index (χ1n) is 5.85. The zero-order valence-corrected chi connectivity index (χ0v) is 9.80. The Kier molecular flexibility index (Phi) is 3.60. The van der Waals surface area contributed by atoms with Gasteiger partial charge in [-0.25, -0.2) is 9.18 Å². The smallest absolute Gasteiger partial charge is 0.407 e. The summed E-state index contributed by atoms with van der Waals surface area (Å²) in [5.74, 6) is -0.996. The molecule has 1 atom stereocenters. The molecule has 1 aliphatic rings. The highest BCUT2D eigenvalue weighted by molar-refractivity contribution is 5.98. The van der Waals surface area contributed by atoms with Crippen LogP contribution in [-0.4, -0.2) is 35.0 Å². The van der Waals surface area contributed by atoms with Crippen LogP contribution in [0.3, 0.4) is 0 Å². The monoisotopic (exact) mass is 251 g/mol. The van der Waals surface area contributed by atoms with Gasteiger partial charge in [0, 0.05) is 24.6 Å². The van der Waals surface area contributed by atoms with Crippen LogP contribution in [0.25, 0.3) is 0 Å². The molecule has 1 amide bonds. The molecule has 18 heavy (non-hydrogen) atoms. The van der Waals surface area contributed by atoms with E-state index in [9.17, 15) is 14.0 Å². The number of carbonyl (C=O) groups excluding carboxylic acids is 1. The Bertz CT molecular complexity index is 475. The quantitative estimate of drug-likeness (QED) is 0.821. The zero-order chi connectivity index (χ0) is 13.1. The van der Waals surface area contributed by atoms with Crippen LogP contribution in [0.5, 0.6) is 0 Å². The number of benzene rings is 1. The summed E-state index contributed by atoms with van der Waals surface area (Å²) in [6.07, 6.45) is 0.309. The molecule has 1 unspecified atom stereocenters. The van der Waals surface area contributed by atoms with Crippen molar-refractivity contribution in [3.8, 4) is 0 Å². The van der Waals surface area contributed by atoms with Crippen LogP contribution in [-0.2, 0) is 0 Å². The van der Waals surface area contributed by atoms with Gasteiger partial charge in [-0.1, -0.05) is 12.1 Å². The van der Waals surface area contributed by atoms with Crippen molar-refractivity contribution in [3.63, 3.8) is 0 Å². The van der Waals surface area contributed by atoms with Crippen molar-refractivity contribution >= 4 is 11.9 Å². The highest BCUT2D eigenvalue weighted by atomic mass is 19.1. The van der Waals surface area contributed by atoms with Crippen LogP contribution in [0.4, 0.5) is 9.18 Å². The fourth-order valence-corrected chi connectivity index (χ4v) is 2.24. The fourth-order valence-electron chi connectivity index (χ4n) is 2.24. The van der Waals surface area contributed by atoms with Gasteiger partial charge in [-0.15, -0.1) is 0 Å². The van der Waals surface area contributed by atoms with Gasteiger partial charge in [0.1, 0.15) is 5.82 Å². The standard InChI is InChI=1S/C13H14FNO3/c14-11-5-1-3-9(7-11)12(16)10-4-2-6-15(8-10)13(17)18/h1,3,5,7,10H,2,4,6,8H2,(H,17,18). The van der Waals surface area contributed by atoms with E-state index in [2.05, 4.69) is 0 Å². The maximum Gasteiger partial charge on any atom is 0.407 e. The largest absolute Gasteiger partial charge is 0.465 e. The number of hydrogen-bond acceptors (Lipinski definition) is 2. The van der Waals surface area contributed by atoms with E-state index in [1.807, 2.05) is 0 Å². The van der Waals surface area contributed by atoms with Crippen molar-refractivity contribution in [3.05, 3.63) is 35.6 Å². The van der Waals surface area contributed by atoms with Gasteiger partial charge in [0.2, 0.25) is 0 Å². The van der Waals surface area contributed by atoms with Gasteiger partial charge < -0.3 is 10.0 Å². The molecule has 1 aromatic carbocycles. The zero-order valence-electron chi connectivity index (χ0n) is 9.80. The number of hydrogen-bond donors (Lipinski definition) is 1. The molecule has 0 aromatic heterocycles. The van der Waals surface area contributed by atoms with Crippen LogP contribution in [0.2, 0.25) is 0 Å². The van der Waals surface area contributed by atoms with Gasteiger partial charge >= 0.3 is 6.09 Å². The Morgan fingerprint density at radius 3 is 2.83 bits per heavy atom. The Labute approximate surface area is 104 Å². The molecule has 1 saturated heterocycles. The maximum atomic E-state index is 13.0. The van der Waals surface area contributed by atoms with Crippen molar-refractivity contribution in [2.45, 2.75) is 12.8 Å². The number of nitrogens with zero attached hydrogens (tertiary/aromatic N) is 1. The minimum absolute atomic E-state index is 0.180. The fraction of sp³-hybridized carbons (Fsp3) is 0.385. The van der Waals surface area contributed by atoms with Crippen LogP contribution >= 0.6 is 0 Å². The minimum atomic E-state index is -1.01. The molecule has 1 heterocycles. The number of rotatable bonds is 2. The van der Waals surface area contributed by atoms with Crippen molar-refractivity contribution in [1.29, 1.82) is 0 Å². The molecule has 5 heteroatoms. The number of likely N-dealkylation sites (tertiary alicyclic amines) is 1. The Balaban J connectivity index is 2.11. The predicted octanol–water partition coefficient (Wildman–Crippen LogP) is 2.40. The first-order chi connectivity index (χ1) is 8.58. The minimum Gasteiger partial charge on any atom is -0.465 e. The molecule has 1 aliphatic heterocycles. The predicted molar refractivity (Wildman–Crippen MR) is 63.1 cm³/mol. The van der Waals surface area contributed by atoms with Crippen molar-refractivity contribution in [1.82, 2.24) is 4.90 Å². The first kappa shape index (κ1) is 12.5. The molecule has 0 bridgehead atoms. The Morgan fingerprint density at radius 1 is 1.39 bits per heavy atom. The van der Waals surface area contributed by atoms with Gasteiger partial charge in [0.05, 0.1) is 0 Å². The van der Waals surface area contributed by atoms with Crippen molar-refractivity contribution in [2.75, 3.05) is 13.1 Å². The third-order valence-corrected chi connectivity index (χ3v) is 3.17. The van der Waals surface area contributed by atoms with Gasteiger partial charge in [0.25, 0.3) is 0 Å². The van der Waals surface area contributed by atoms with Gasteiger partial charge in [-0.2, -0.15) is 0 Å². The molecular weight excluding hydrogens is 237 g/mol. The summed E-state index contributed by atoms with van der Waals surface area (Å²) in [6.45, 7) is 0.660. The molecule has 4 nitrogen and oxygen atoms in total. The summed E-state index contributed by atoms with van der Waals surface area (Å²) in [5.41, 5.74) is 0.312. The molecule has 0 spiro atoms. The van der Waals surface area contributed by atoms with E-state index in [0.717, 1.165) is 0 Å². The lowest BCUT2D eigenvalue weighted by molar-refractivity contribution is 0.0806. The molecule has 1 fully saturated rings. The molecule has 96 valence electrons. The van der Waals surface area contributed by atoms with E-state index in [1.165, 1.54) is 23.1 Å². The third-order valence-electron chi connectivity index (χ3n) is 3.17. The second-order valence-corrected chi connectivity index (χ2v) is 4.44. The van der Waals surface area contributed by atoms with Gasteiger partial charge in [-0.3, -0.25) is 4.79 Å². The van der Waals surface area contributed by atoms with E-state index in [-0.39, 0.29) is 18.2 Å². The van der Waals surface area contributed by atoms with Crippen molar-refractivity contribution < 1.29 is 19.1 Å². The molecule has 1 aromatic rings. The third kappa shape index (κ3) is 2.67. The van der Waals surface area contributed by atoms with E-state index in [4.69, 9.17) is 5.11 Å². The molecule has 1 N–H and O–H groups in total. The highest BCUT2D eigenvalue weighted by Gasteiger charge is 2.28. The van der Waals surface area contributed by atoms with Crippen molar-refractivity contribution in [2.24, 2.45) is 5.92 Å². The van der Waals surface area contributed by atoms with E-state index < -0.39 is 11.9 Å².